The second-order valence-electron chi connectivity index (χ2n) is 3.39. The van der Waals surface area contributed by atoms with Gasteiger partial charge in [-0.15, -0.1) is 0 Å². The smallest absolute Gasteiger partial charge is 0.115 e. The van der Waals surface area contributed by atoms with Crippen molar-refractivity contribution in [3.8, 4) is 0 Å². The molecule has 0 aliphatic heterocycles. The van der Waals surface area contributed by atoms with Gasteiger partial charge in [0.05, 0.1) is 6.04 Å². The first-order chi connectivity index (χ1) is 4.95. The van der Waals surface area contributed by atoms with Gasteiger partial charge in [-0.25, -0.2) is 4.39 Å². The molecule has 0 rings (SSSR count). The predicted molar refractivity (Wildman–Crippen MR) is 47.2 cm³/mol. The molecule has 1 nitrogen and oxygen atoms in total. The fourth-order valence-electron chi connectivity index (χ4n) is 1.01. The highest BCUT2D eigenvalue weighted by atomic mass is 19.1. The maximum atomic E-state index is 13.1. The fraction of sp³-hybridized carbons (Fsp3) is 0.778. The number of hydrogen-bond acceptors (Lipinski definition) is 1. The number of halogens is 1. The summed E-state index contributed by atoms with van der Waals surface area (Å²) < 4.78 is 13.1. The van der Waals surface area contributed by atoms with Crippen molar-refractivity contribution in [1.29, 1.82) is 0 Å². The molecule has 0 unspecified atom stereocenters. The summed E-state index contributed by atoms with van der Waals surface area (Å²) >= 11 is 0. The molecule has 0 spiro atoms. The molecule has 11 heavy (non-hydrogen) atoms. The molecular formula is C9H18FN. The third kappa shape index (κ3) is 4.14. The van der Waals surface area contributed by atoms with Crippen molar-refractivity contribution < 1.29 is 4.39 Å². The zero-order valence-corrected chi connectivity index (χ0v) is 8.03. The summed E-state index contributed by atoms with van der Waals surface area (Å²) in [6.45, 7) is 9.42. The van der Waals surface area contributed by atoms with Gasteiger partial charge in [0.15, 0.2) is 0 Å². The Hall–Kier alpha value is -0.370. The molecule has 0 aliphatic carbocycles. The SMILES string of the molecule is CC(C)=C(F)[C@H](C)NC(C)C. The van der Waals surface area contributed by atoms with Crippen LogP contribution in [0.4, 0.5) is 4.39 Å². The number of allylic oxidation sites excluding steroid dienone is 1. The van der Waals surface area contributed by atoms with Gasteiger partial charge in [-0.2, -0.15) is 0 Å². The summed E-state index contributed by atoms with van der Waals surface area (Å²) in [7, 11) is 0. The Kier molecular flexibility index (Phi) is 4.34. The lowest BCUT2D eigenvalue weighted by atomic mass is 10.2. The van der Waals surface area contributed by atoms with Crippen molar-refractivity contribution in [3.05, 3.63) is 11.4 Å². The lowest BCUT2D eigenvalue weighted by Gasteiger charge is -2.15. The first-order valence-electron chi connectivity index (χ1n) is 4.04. The van der Waals surface area contributed by atoms with Crippen molar-refractivity contribution in [2.24, 2.45) is 0 Å². The van der Waals surface area contributed by atoms with Crippen LogP contribution in [-0.2, 0) is 0 Å². The van der Waals surface area contributed by atoms with Gasteiger partial charge < -0.3 is 5.32 Å². The number of nitrogens with one attached hydrogen (secondary N) is 1. The molecule has 0 aromatic carbocycles. The topological polar surface area (TPSA) is 12.0 Å². The second-order valence-corrected chi connectivity index (χ2v) is 3.39. The molecule has 0 heterocycles. The normalized spacial score (nSPS) is 13.4. The van der Waals surface area contributed by atoms with E-state index in [1.165, 1.54) is 0 Å². The maximum absolute atomic E-state index is 13.1. The molecular weight excluding hydrogens is 141 g/mol. The summed E-state index contributed by atoms with van der Waals surface area (Å²) in [6, 6.07) is 0.176. The highest BCUT2D eigenvalue weighted by molar-refractivity contribution is 5.07. The van der Waals surface area contributed by atoms with Crippen LogP contribution in [-0.4, -0.2) is 12.1 Å². The zero-order chi connectivity index (χ0) is 9.02. The van der Waals surface area contributed by atoms with E-state index in [0.717, 1.165) is 5.57 Å². The standard InChI is InChI=1S/C9H18FN/c1-6(2)9(10)8(5)11-7(3)4/h7-8,11H,1-5H3/t8-/m0/s1. The van der Waals surface area contributed by atoms with Crippen LogP contribution >= 0.6 is 0 Å². The van der Waals surface area contributed by atoms with Crippen LogP contribution in [0.5, 0.6) is 0 Å². The van der Waals surface area contributed by atoms with Crippen molar-refractivity contribution in [2.45, 2.75) is 46.7 Å². The van der Waals surface area contributed by atoms with E-state index < -0.39 is 0 Å². The summed E-state index contributed by atoms with van der Waals surface area (Å²) in [5.41, 5.74) is 0.755. The predicted octanol–water partition coefficient (Wildman–Crippen LogP) is 2.64. The molecule has 0 aromatic rings. The van der Waals surface area contributed by atoms with Gasteiger partial charge in [-0.05, 0) is 26.3 Å². The Bertz CT molecular complexity index is 146. The van der Waals surface area contributed by atoms with E-state index >= 15 is 0 Å². The summed E-state index contributed by atoms with van der Waals surface area (Å²) in [5.74, 6) is -0.0429. The van der Waals surface area contributed by atoms with E-state index in [-0.39, 0.29) is 11.9 Å². The molecule has 0 saturated carbocycles. The van der Waals surface area contributed by atoms with Crippen molar-refractivity contribution in [1.82, 2.24) is 5.32 Å². The second kappa shape index (κ2) is 4.50. The molecule has 0 aliphatic rings. The quantitative estimate of drug-likeness (QED) is 0.667. The Morgan fingerprint density at radius 3 is 1.91 bits per heavy atom. The molecule has 1 N–H and O–H groups in total. The van der Waals surface area contributed by atoms with Gasteiger partial charge in [0.1, 0.15) is 5.83 Å². The van der Waals surface area contributed by atoms with Gasteiger partial charge in [-0.1, -0.05) is 13.8 Å². The van der Waals surface area contributed by atoms with E-state index in [0.29, 0.717) is 6.04 Å². The molecule has 0 fully saturated rings. The average molecular weight is 159 g/mol. The molecule has 0 amide bonds. The fourth-order valence-corrected chi connectivity index (χ4v) is 1.01. The van der Waals surface area contributed by atoms with Crippen LogP contribution in [0, 0.1) is 0 Å². The largest absolute Gasteiger partial charge is 0.306 e. The molecule has 66 valence electrons. The van der Waals surface area contributed by atoms with Gasteiger partial charge in [0, 0.05) is 6.04 Å². The third-order valence-corrected chi connectivity index (χ3v) is 1.44. The molecule has 0 saturated heterocycles. The minimum Gasteiger partial charge on any atom is -0.306 e. The molecule has 0 bridgehead atoms. The van der Waals surface area contributed by atoms with Crippen molar-refractivity contribution in [2.75, 3.05) is 0 Å². The van der Waals surface area contributed by atoms with Crippen molar-refractivity contribution >= 4 is 0 Å². The molecule has 1 atom stereocenters. The monoisotopic (exact) mass is 159 g/mol. The number of hydrogen-bond donors (Lipinski definition) is 1. The summed E-state index contributed by atoms with van der Waals surface area (Å²) in [6.07, 6.45) is 0. The first-order valence-corrected chi connectivity index (χ1v) is 4.04. The molecule has 0 radical (unpaired) electrons. The number of rotatable bonds is 3. The van der Waals surface area contributed by atoms with Gasteiger partial charge >= 0.3 is 0 Å². The maximum Gasteiger partial charge on any atom is 0.115 e. The van der Waals surface area contributed by atoms with Crippen LogP contribution in [0.2, 0.25) is 0 Å². The average Bonchev–Trinajstić information content (AvgIpc) is 1.84. The third-order valence-electron chi connectivity index (χ3n) is 1.44. The minimum absolute atomic E-state index is 0.0429. The van der Waals surface area contributed by atoms with E-state index in [1.54, 1.807) is 13.8 Å². The highest BCUT2D eigenvalue weighted by Gasteiger charge is 2.09. The first kappa shape index (κ1) is 10.6. The van der Waals surface area contributed by atoms with Crippen LogP contribution in [0.25, 0.3) is 0 Å². The lowest BCUT2D eigenvalue weighted by molar-refractivity contribution is 0.448. The highest BCUT2D eigenvalue weighted by Crippen LogP contribution is 2.09. The summed E-state index contributed by atoms with van der Waals surface area (Å²) in [4.78, 5) is 0. The Morgan fingerprint density at radius 2 is 1.64 bits per heavy atom. The van der Waals surface area contributed by atoms with Crippen LogP contribution in [0.15, 0.2) is 11.4 Å². The van der Waals surface area contributed by atoms with Gasteiger partial charge in [0.25, 0.3) is 0 Å². The van der Waals surface area contributed by atoms with Crippen LogP contribution in [0.3, 0.4) is 0 Å². The van der Waals surface area contributed by atoms with Crippen LogP contribution in [0.1, 0.15) is 34.6 Å². The van der Waals surface area contributed by atoms with Gasteiger partial charge in [-0.3, -0.25) is 0 Å². The van der Waals surface area contributed by atoms with Gasteiger partial charge in [0.2, 0.25) is 0 Å². The molecule has 0 aromatic heterocycles. The van der Waals surface area contributed by atoms with E-state index in [2.05, 4.69) is 5.32 Å². The van der Waals surface area contributed by atoms with E-state index in [9.17, 15) is 4.39 Å². The summed E-state index contributed by atoms with van der Waals surface area (Å²) in [5, 5.41) is 3.09. The van der Waals surface area contributed by atoms with Crippen molar-refractivity contribution in [3.63, 3.8) is 0 Å². The Balaban J connectivity index is 4.04. The molecule has 2 heteroatoms. The Labute approximate surface area is 68.7 Å². The minimum atomic E-state index is -0.153. The zero-order valence-electron chi connectivity index (χ0n) is 8.03. The van der Waals surface area contributed by atoms with E-state index in [1.807, 2.05) is 20.8 Å². The lowest BCUT2D eigenvalue weighted by Crippen LogP contribution is -2.33. The van der Waals surface area contributed by atoms with Crippen LogP contribution < -0.4 is 5.32 Å². The Morgan fingerprint density at radius 1 is 1.18 bits per heavy atom. The van der Waals surface area contributed by atoms with E-state index in [4.69, 9.17) is 0 Å².